The topological polar surface area (TPSA) is 62.6 Å². The van der Waals surface area contributed by atoms with E-state index in [-0.39, 0.29) is 5.78 Å². The molecule has 0 aliphatic rings. The minimum Gasteiger partial charge on any atom is -0.493 e. The molecule has 1 aromatic carbocycles. The van der Waals surface area contributed by atoms with Gasteiger partial charge in [-0.3, -0.25) is 9.48 Å². The highest BCUT2D eigenvalue weighted by Gasteiger charge is 2.19. The van der Waals surface area contributed by atoms with Crippen LogP contribution in [0.2, 0.25) is 0 Å². The summed E-state index contributed by atoms with van der Waals surface area (Å²) in [7, 11) is 6.28. The zero-order valence-electron chi connectivity index (χ0n) is 11.8. The fourth-order valence-electron chi connectivity index (χ4n) is 1.90. The summed E-state index contributed by atoms with van der Waals surface area (Å²) in [5, 5.41) is 4.09. The third kappa shape index (κ3) is 2.45. The normalized spacial score (nSPS) is 10.2. The van der Waals surface area contributed by atoms with Gasteiger partial charge in [-0.05, 0) is 18.2 Å². The first-order valence-corrected chi connectivity index (χ1v) is 5.95. The number of ketones is 1. The Morgan fingerprint density at radius 2 is 1.70 bits per heavy atom. The van der Waals surface area contributed by atoms with Crippen molar-refractivity contribution in [2.24, 2.45) is 7.05 Å². The number of carbonyl (C=O) groups excluding carboxylic acids is 1. The Morgan fingerprint density at radius 3 is 2.10 bits per heavy atom. The molecule has 0 unspecified atom stereocenters. The molecule has 2 rings (SSSR count). The molecule has 0 aliphatic heterocycles. The molecule has 0 fully saturated rings. The minimum absolute atomic E-state index is 0.204. The van der Waals surface area contributed by atoms with Crippen LogP contribution in [0, 0.1) is 0 Å². The molecule has 0 bridgehead atoms. The third-order valence-electron chi connectivity index (χ3n) is 2.87. The summed E-state index contributed by atoms with van der Waals surface area (Å²) < 4.78 is 17.3. The molecule has 0 saturated carbocycles. The standard InChI is InChI=1S/C14H16N2O4/c1-16-6-5-10(15-16)13(17)9-7-11(18-2)14(20-4)12(8-9)19-3/h5-8H,1-4H3. The second-order valence-electron chi connectivity index (χ2n) is 4.12. The zero-order valence-corrected chi connectivity index (χ0v) is 11.8. The molecule has 1 heterocycles. The summed E-state index contributed by atoms with van der Waals surface area (Å²) in [4.78, 5) is 12.4. The molecule has 0 N–H and O–H groups in total. The predicted octanol–water partition coefficient (Wildman–Crippen LogP) is 1.68. The molecule has 0 spiro atoms. The van der Waals surface area contributed by atoms with Gasteiger partial charge in [-0.2, -0.15) is 5.10 Å². The van der Waals surface area contributed by atoms with Gasteiger partial charge in [-0.25, -0.2) is 0 Å². The number of ether oxygens (including phenoxy) is 3. The summed E-state index contributed by atoms with van der Waals surface area (Å²) >= 11 is 0. The van der Waals surface area contributed by atoms with Gasteiger partial charge in [0.15, 0.2) is 11.5 Å². The van der Waals surface area contributed by atoms with E-state index in [9.17, 15) is 4.79 Å². The van der Waals surface area contributed by atoms with E-state index in [4.69, 9.17) is 14.2 Å². The van der Waals surface area contributed by atoms with Gasteiger partial charge in [-0.15, -0.1) is 0 Å². The van der Waals surface area contributed by atoms with Crippen LogP contribution in [0.3, 0.4) is 0 Å². The van der Waals surface area contributed by atoms with Crippen molar-refractivity contribution in [3.63, 3.8) is 0 Å². The summed E-state index contributed by atoms with van der Waals surface area (Å²) in [6.45, 7) is 0. The first-order chi connectivity index (χ1) is 9.60. The summed E-state index contributed by atoms with van der Waals surface area (Å²) in [6, 6.07) is 4.88. The van der Waals surface area contributed by atoms with Crippen molar-refractivity contribution in [1.29, 1.82) is 0 Å². The number of hydrogen-bond donors (Lipinski definition) is 0. The van der Waals surface area contributed by atoms with Crippen LogP contribution in [-0.4, -0.2) is 36.9 Å². The first kappa shape index (κ1) is 13.9. The van der Waals surface area contributed by atoms with E-state index in [1.165, 1.54) is 21.3 Å². The van der Waals surface area contributed by atoms with Crippen molar-refractivity contribution in [1.82, 2.24) is 9.78 Å². The Kier molecular flexibility index (Phi) is 3.93. The minimum atomic E-state index is -0.204. The SMILES string of the molecule is COc1cc(C(=O)c2ccn(C)n2)cc(OC)c1OC. The lowest BCUT2D eigenvalue weighted by Gasteiger charge is -2.13. The van der Waals surface area contributed by atoms with E-state index in [1.807, 2.05) is 0 Å². The first-order valence-electron chi connectivity index (χ1n) is 5.95. The third-order valence-corrected chi connectivity index (χ3v) is 2.87. The second kappa shape index (κ2) is 5.64. The molecular formula is C14H16N2O4. The van der Waals surface area contributed by atoms with Crippen molar-refractivity contribution in [3.05, 3.63) is 35.7 Å². The van der Waals surface area contributed by atoms with E-state index in [0.717, 1.165) is 0 Å². The summed E-state index contributed by atoms with van der Waals surface area (Å²) in [5.41, 5.74) is 0.792. The lowest BCUT2D eigenvalue weighted by Crippen LogP contribution is -2.05. The highest BCUT2D eigenvalue weighted by molar-refractivity contribution is 6.08. The van der Waals surface area contributed by atoms with E-state index < -0.39 is 0 Å². The van der Waals surface area contributed by atoms with Crippen molar-refractivity contribution < 1.29 is 19.0 Å². The van der Waals surface area contributed by atoms with Gasteiger partial charge >= 0.3 is 0 Å². The predicted molar refractivity (Wildman–Crippen MR) is 72.7 cm³/mol. The molecule has 6 nitrogen and oxygen atoms in total. The summed E-state index contributed by atoms with van der Waals surface area (Å²) in [6.07, 6.45) is 1.71. The van der Waals surface area contributed by atoms with Crippen molar-refractivity contribution in [3.8, 4) is 17.2 Å². The van der Waals surface area contributed by atoms with Gasteiger partial charge in [0.2, 0.25) is 11.5 Å². The Morgan fingerprint density at radius 1 is 1.10 bits per heavy atom. The lowest BCUT2D eigenvalue weighted by atomic mass is 10.1. The number of nitrogens with zero attached hydrogens (tertiary/aromatic N) is 2. The van der Waals surface area contributed by atoms with Crippen LogP contribution >= 0.6 is 0 Å². The highest BCUT2D eigenvalue weighted by atomic mass is 16.5. The Bertz CT molecular complexity index is 609. The molecular weight excluding hydrogens is 260 g/mol. The van der Waals surface area contributed by atoms with Gasteiger partial charge in [0.1, 0.15) is 5.69 Å². The van der Waals surface area contributed by atoms with Crippen LogP contribution in [0.1, 0.15) is 16.1 Å². The lowest BCUT2D eigenvalue weighted by molar-refractivity contribution is 0.103. The largest absolute Gasteiger partial charge is 0.493 e. The number of rotatable bonds is 5. The van der Waals surface area contributed by atoms with Crippen LogP contribution in [0.5, 0.6) is 17.2 Å². The summed E-state index contributed by atoms with van der Waals surface area (Å²) in [5.74, 6) is 1.12. The molecule has 0 saturated heterocycles. The molecule has 0 amide bonds. The molecule has 0 aliphatic carbocycles. The average molecular weight is 276 g/mol. The maximum atomic E-state index is 12.4. The fourth-order valence-corrected chi connectivity index (χ4v) is 1.90. The second-order valence-corrected chi connectivity index (χ2v) is 4.12. The van der Waals surface area contributed by atoms with Crippen LogP contribution in [0.4, 0.5) is 0 Å². The molecule has 6 heteroatoms. The van der Waals surface area contributed by atoms with E-state index in [2.05, 4.69) is 5.10 Å². The van der Waals surface area contributed by atoms with Gasteiger partial charge < -0.3 is 14.2 Å². The zero-order chi connectivity index (χ0) is 14.7. The van der Waals surface area contributed by atoms with Gasteiger partial charge in [0.25, 0.3) is 0 Å². The van der Waals surface area contributed by atoms with Crippen molar-refractivity contribution >= 4 is 5.78 Å². The van der Waals surface area contributed by atoms with Gasteiger partial charge in [-0.1, -0.05) is 0 Å². The van der Waals surface area contributed by atoms with E-state index >= 15 is 0 Å². The molecule has 0 atom stereocenters. The molecule has 20 heavy (non-hydrogen) atoms. The van der Waals surface area contributed by atoms with Gasteiger partial charge in [0, 0.05) is 18.8 Å². The number of methoxy groups -OCH3 is 3. The van der Waals surface area contributed by atoms with Crippen LogP contribution in [0.15, 0.2) is 24.4 Å². The number of aryl methyl sites for hydroxylation is 1. The number of hydrogen-bond acceptors (Lipinski definition) is 5. The molecule has 2 aromatic rings. The van der Waals surface area contributed by atoms with E-state index in [0.29, 0.717) is 28.5 Å². The van der Waals surface area contributed by atoms with Crippen LogP contribution in [-0.2, 0) is 7.05 Å². The fraction of sp³-hybridized carbons (Fsp3) is 0.286. The maximum absolute atomic E-state index is 12.4. The van der Waals surface area contributed by atoms with Crippen LogP contribution < -0.4 is 14.2 Å². The average Bonchev–Trinajstić information content (AvgIpc) is 2.91. The van der Waals surface area contributed by atoms with Crippen molar-refractivity contribution in [2.45, 2.75) is 0 Å². The quantitative estimate of drug-likeness (QED) is 0.777. The number of aromatic nitrogens is 2. The molecule has 0 radical (unpaired) electrons. The monoisotopic (exact) mass is 276 g/mol. The van der Waals surface area contributed by atoms with Crippen molar-refractivity contribution in [2.75, 3.05) is 21.3 Å². The Labute approximate surface area is 116 Å². The Balaban J connectivity index is 2.49. The number of carbonyl (C=O) groups is 1. The molecule has 106 valence electrons. The van der Waals surface area contributed by atoms with Crippen LogP contribution in [0.25, 0.3) is 0 Å². The number of benzene rings is 1. The van der Waals surface area contributed by atoms with E-state index in [1.54, 1.807) is 36.1 Å². The smallest absolute Gasteiger partial charge is 0.213 e. The highest BCUT2D eigenvalue weighted by Crippen LogP contribution is 2.38. The molecule has 1 aromatic heterocycles. The maximum Gasteiger partial charge on any atom is 0.213 e. The van der Waals surface area contributed by atoms with Gasteiger partial charge in [0.05, 0.1) is 21.3 Å². The Hall–Kier alpha value is -2.50.